The van der Waals surface area contributed by atoms with Crippen LogP contribution in [0, 0.1) is 40.4 Å². The van der Waals surface area contributed by atoms with E-state index in [1.54, 1.807) is 0 Å². The summed E-state index contributed by atoms with van der Waals surface area (Å²) in [7, 11) is 0. The lowest BCUT2D eigenvalue weighted by Gasteiger charge is -2.60. The SMILES string of the molecule is CC(=O)O[C@@H]1CC[C@@]2(C)[C@@H](CC[C@H]3[C@H]2CC[C@]2(C)C(=O)[C@H](C)C[C@@H]32)C1. The predicted octanol–water partition coefficient (Wildman–Crippen LogP) is 4.78. The molecule has 4 saturated carbocycles. The van der Waals surface area contributed by atoms with E-state index in [2.05, 4.69) is 20.8 Å². The average Bonchev–Trinajstić information content (AvgIpc) is 2.78. The van der Waals surface area contributed by atoms with Gasteiger partial charge in [0.2, 0.25) is 0 Å². The van der Waals surface area contributed by atoms with Crippen LogP contribution in [0.1, 0.15) is 79.1 Å². The Morgan fingerprint density at radius 2 is 1.80 bits per heavy atom. The molecular weight excluding hydrogens is 312 g/mol. The van der Waals surface area contributed by atoms with Crippen LogP contribution in [0.25, 0.3) is 0 Å². The first-order valence-electron chi connectivity index (χ1n) is 10.5. The lowest BCUT2D eigenvalue weighted by molar-refractivity contribution is -0.160. The molecule has 0 unspecified atom stereocenters. The Labute approximate surface area is 152 Å². The fourth-order valence-electron chi connectivity index (χ4n) is 7.67. The Kier molecular flexibility index (Phi) is 4.09. The number of ketones is 1. The molecule has 8 atom stereocenters. The molecule has 25 heavy (non-hydrogen) atoms. The topological polar surface area (TPSA) is 43.4 Å². The molecule has 0 amide bonds. The number of ether oxygens (including phenoxy) is 1. The first-order valence-corrected chi connectivity index (χ1v) is 10.5. The minimum Gasteiger partial charge on any atom is -0.463 e. The maximum atomic E-state index is 12.8. The lowest BCUT2D eigenvalue weighted by atomic mass is 9.45. The quantitative estimate of drug-likeness (QED) is 0.642. The number of carbonyl (C=O) groups excluding carboxylic acids is 2. The lowest BCUT2D eigenvalue weighted by Crippen LogP contribution is -2.54. The molecule has 0 saturated heterocycles. The molecule has 4 fully saturated rings. The van der Waals surface area contributed by atoms with Gasteiger partial charge < -0.3 is 4.74 Å². The van der Waals surface area contributed by atoms with Gasteiger partial charge in [-0.15, -0.1) is 0 Å². The number of hydrogen-bond acceptors (Lipinski definition) is 3. The molecule has 3 nitrogen and oxygen atoms in total. The summed E-state index contributed by atoms with van der Waals surface area (Å²) in [4.78, 5) is 24.1. The number of esters is 1. The zero-order valence-corrected chi connectivity index (χ0v) is 16.3. The molecule has 3 heteroatoms. The number of Topliss-reactive ketones (excluding diaryl/α,β-unsaturated/α-hetero) is 1. The Bertz CT molecular complexity index is 584. The van der Waals surface area contributed by atoms with Gasteiger partial charge in [0.1, 0.15) is 11.9 Å². The molecule has 0 aromatic rings. The first kappa shape index (κ1) is 17.5. The summed E-state index contributed by atoms with van der Waals surface area (Å²) < 4.78 is 5.55. The minimum atomic E-state index is -0.130. The van der Waals surface area contributed by atoms with Crippen LogP contribution in [0.2, 0.25) is 0 Å². The Morgan fingerprint density at radius 3 is 2.52 bits per heavy atom. The second kappa shape index (κ2) is 5.82. The summed E-state index contributed by atoms with van der Waals surface area (Å²) in [5.74, 6) is 3.47. The highest BCUT2D eigenvalue weighted by molar-refractivity contribution is 5.89. The van der Waals surface area contributed by atoms with Crippen LogP contribution in [0.5, 0.6) is 0 Å². The second-order valence-corrected chi connectivity index (χ2v) is 10.1. The van der Waals surface area contributed by atoms with Gasteiger partial charge in [-0.05, 0) is 80.5 Å². The van der Waals surface area contributed by atoms with E-state index < -0.39 is 0 Å². The van der Waals surface area contributed by atoms with Gasteiger partial charge in [0.15, 0.2) is 0 Å². The summed E-state index contributed by atoms with van der Waals surface area (Å²) in [6.45, 7) is 8.47. The van der Waals surface area contributed by atoms with Crippen molar-refractivity contribution < 1.29 is 14.3 Å². The molecule has 4 aliphatic carbocycles. The van der Waals surface area contributed by atoms with Gasteiger partial charge in [0, 0.05) is 18.3 Å². The smallest absolute Gasteiger partial charge is 0.302 e. The molecule has 0 heterocycles. The molecule has 140 valence electrons. The van der Waals surface area contributed by atoms with Gasteiger partial charge in [-0.25, -0.2) is 0 Å². The van der Waals surface area contributed by atoms with Gasteiger partial charge in [0.05, 0.1) is 0 Å². The third kappa shape index (κ3) is 2.51. The van der Waals surface area contributed by atoms with Crippen LogP contribution in [0.3, 0.4) is 0 Å². The molecule has 0 aliphatic heterocycles. The van der Waals surface area contributed by atoms with E-state index in [0.29, 0.717) is 23.0 Å². The van der Waals surface area contributed by atoms with E-state index in [1.807, 2.05) is 0 Å². The third-order valence-corrected chi connectivity index (χ3v) is 8.96. The molecule has 0 bridgehead atoms. The van der Waals surface area contributed by atoms with Crippen molar-refractivity contribution in [3.63, 3.8) is 0 Å². The van der Waals surface area contributed by atoms with E-state index in [4.69, 9.17) is 4.74 Å². The number of fused-ring (bicyclic) bond motifs is 5. The monoisotopic (exact) mass is 346 g/mol. The van der Waals surface area contributed by atoms with Crippen molar-refractivity contribution >= 4 is 11.8 Å². The van der Waals surface area contributed by atoms with Gasteiger partial charge in [-0.2, -0.15) is 0 Å². The minimum absolute atomic E-state index is 0.0429. The molecule has 0 aromatic heterocycles. The summed E-state index contributed by atoms with van der Waals surface area (Å²) in [5.41, 5.74) is 0.342. The van der Waals surface area contributed by atoms with E-state index in [0.717, 1.165) is 37.5 Å². The largest absolute Gasteiger partial charge is 0.463 e. The van der Waals surface area contributed by atoms with Gasteiger partial charge >= 0.3 is 5.97 Å². The predicted molar refractivity (Wildman–Crippen MR) is 96.8 cm³/mol. The molecule has 0 spiro atoms. The number of rotatable bonds is 1. The van der Waals surface area contributed by atoms with E-state index >= 15 is 0 Å². The molecule has 0 aromatic carbocycles. The molecule has 4 aliphatic rings. The van der Waals surface area contributed by atoms with Crippen LogP contribution in [-0.4, -0.2) is 17.9 Å². The normalized spacial score (nSPS) is 52.1. The Balaban J connectivity index is 1.55. The van der Waals surface area contributed by atoms with Crippen LogP contribution in [0.15, 0.2) is 0 Å². The summed E-state index contributed by atoms with van der Waals surface area (Å²) >= 11 is 0. The Hall–Kier alpha value is -0.860. The summed E-state index contributed by atoms with van der Waals surface area (Å²) in [6, 6.07) is 0. The van der Waals surface area contributed by atoms with Gasteiger partial charge in [-0.1, -0.05) is 20.8 Å². The van der Waals surface area contributed by atoms with Crippen LogP contribution in [0.4, 0.5) is 0 Å². The molecule has 0 N–H and O–H groups in total. The van der Waals surface area contributed by atoms with Crippen LogP contribution < -0.4 is 0 Å². The van der Waals surface area contributed by atoms with Crippen molar-refractivity contribution in [2.45, 2.75) is 85.2 Å². The second-order valence-electron chi connectivity index (χ2n) is 10.1. The summed E-state index contributed by atoms with van der Waals surface area (Å²) in [5, 5.41) is 0. The summed E-state index contributed by atoms with van der Waals surface area (Å²) in [6.07, 6.45) is 9.36. The van der Waals surface area contributed by atoms with E-state index in [1.165, 1.54) is 32.6 Å². The van der Waals surface area contributed by atoms with E-state index in [-0.39, 0.29) is 23.4 Å². The third-order valence-electron chi connectivity index (χ3n) is 8.96. The highest BCUT2D eigenvalue weighted by atomic mass is 16.5. The van der Waals surface area contributed by atoms with Crippen molar-refractivity contribution in [2.75, 3.05) is 0 Å². The first-order chi connectivity index (χ1) is 11.8. The van der Waals surface area contributed by atoms with Gasteiger partial charge in [-0.3, -0.25) is 9.59 Å². The van der Waals surface area contributed by atoms with E-state index in [9.17, 15) is 9.59 Å². The highest BCUT2D eigenvalue weighted by Crippen LogP contribution is 2.66. The zero-order valence-electron chi connectivity index (χ0n) is 16.3. The van der Waals surface area contributed by atoms with Crippen LogP contribution in [-0.2, 0) is 14.3 Å². The number of carbonyl (C=O) groups is 2. The molecule has 4 rings (SSSR count). The molecule has 0 radical (unpaired) electrons. The van der Waals surface area contributed by atoms with Crippen LogP contribution >= 0.6 is 0 Å². The van der Waals surface area contributed by atoms with Crippen molar-refractivity contribution in [3.05, 3.63) is 0 Å². The number of hydrogen-bond donors (Lipinski definition) is 0. The maximum absolute atomic E-state index is 12.8. The fourth-order valence-corrected chi connectivity index (χ4v) is 7.67. The van der Waals surface area contributed by atoms with Gasteiger partial charge in [0.25, 0.3) is 0 Å². The Morgan fingerprint density at radius 1 is 1.04 bits per heavy atom. The maximum Gasteiger partial charge on any atom is 0.302 e. The fraction of sp³-hybridized carbons (Fsp3) is 0.909. The standard InChI is InChI=1S/C22H34O3/c1-13-11-19-17-6-5-15-12-16(25-14(2)23)7-9-21(15,3)18(17)8-10-22(19,4)20(13)24/h13,15-19H,5-12H2,1-4H3/t13-,15+,16-,17+,18-,19+,21+,22+/m1/s1. The average molecular weight is 347 g/mol. The van der Waals surface area contributed by atoms with Crippen molar-refractivity contribution in [1.82, 2.24) is 0 Å². The molecular formula is C22H34O3. The zero-order chi connectivity index (χ0) is 18.0. The highest BCUT2D eigenvalue weighted by Gasteiger charge is 2.61. The van der Waals surface area contributed by atoms with Crippen molar-refractivity contribution in [1.29, 1.82) is 0 Å². The van der Waals surface area contributed by atoms with Crippen molar-refractivity contribution in [2.24, 2.45) is 40.4 Å². The van der Waals surface area contributed by atoms with Crippen molar-refractivity contribution in [3.8, 4) is 0 Å².